The van der Waals surface area contributed by atoms with E-state index in [1.54, 1.807) is 11.1 Å². The number of carbonyl (C=O) groups is 1. The highest BCUT2D eigenvalue weighted by atomic mass is 79.9. The number of imidazole rings is 1. The molecule has 0 unspecified atom stereocenters. The number of piperidine rings is 1. The molecule has 2 aliphatic rings. The zero-order chi connectivity index (χ0) is 20.2. The second kappa shape index (κ2) is 6.90. The molecule has 1 fully saturated rings. The minimum Gasteiger partial charge on any atom is -0.389 e. The highest BCUT2D eigenvalue weighted by molar-refractivity contribution is 9.10. The summed E-state index contributed by atoms with van der Waals surface area (Å²) in [7, 11) is 0. The van der Waals surface area contributed by atoms with Gasteiger partial charge in [-0.3, -0.25) is 4.79 Å². The van der Waals surface area contributed by atoms with E-state index in [1.807, 2.05) is 12.1 Å². The summed E-state index contributed by atoms with van der Waals surface area (Å²) in [5, 5.41) is 14.5. The van der Waals surface area contributed by atoms with Crippen molar-refractivity contribution in [1.82, 2.24) is 19.6 Å². The summed E-state index contributed by atoms with van der Waals surface area (Å²) < 4.78 is 16.2. The van der Waals surface area contributed by atoms with Gasteiger partial charge in [-0.2, -0.15) is 0 Å². The smallest absolute Gasteiger partial charge is 0.274 e. The Morgan fingerprint density at radius 3 is 2.90 bits per heavy atom. The van der Waals surface area contributed by atoms with Gasteiger partial charge in [-0.05, 0) is 46.0 Å². The van der Waals surface area contributed by atoms with Crippen LogP contribution in [0.25, 0.3) is 5.65 Å². The number of carbonyl (C=O) groups excluding carboxylic acids is 1. The molecule has 0 radical (unpaired) electrons. The van der Waals surface area contributed by atoms with Gasteiger partial charge in [0.15, 0.2) is 11.5 Å². The van der Waals surface area contributed by atoms with E-state index in [-0.39, 0.29) is 23.8 Å². The molecule has 0 bridgehead atoms. The number of aromatic nitrogens is 2. The van der Waals surface area contributed by atoms with Crippen molar-refractivity contribution in [3.63, 3.8) is 0 Å². The Morgan fingerprint density at radius 1 is 1.31 bits per heavy atom. The van der Waals surface area contributed by atoms with Crippen molar-refractivity contribution in [3.8, 4) is 0 Å². The van der Waals surface area contributed by atoms with Gasteiger partial charge in [0, 0.05) is 36.5 Å². The van der Waals surface area contributed by atoms with Gasteiger partial charge in [0.25, 0.3) is 5.91 Å². The number of fused-ring (bicyclic) bond motifs is 2. The van der Waals surface area contributed by atoms with Crippen molar-refractivity contribution in [3.05, 3.63) is 69.8 Å². The fourth-order valence-electron chi connectivity index (χ4n) is 4.44. The third-order valence-corrected chi connectivity index (χ3v) is 6.53. The summed E-state index contributed by atoms with van der Waals surface area (Å²) in [4.78, 5) is 18.7. The molecular formula is C21H20BrFN4O2. The predicted molar refractivity (Wildman–Crippen MR) is 109 cm³/mol. The van der Waals surface area contributed by atoms with E-state index in [1.165, 1.54) is 27.8 Å². The molecule has 1 saturated heterocycles. The van der Waals surface area contributed by atoms with Crippen molar-refractivity contribution in [2.45, 2.75) is 31.0 Å². The lowest BCUT2D eigenvalue weighted by atomic mass is 9.76. The number of likely N-dealkylation sites (tertiary alicyclic amines) is 1. The van der Waals surface area contributed by atoms with Crippen LogP contribution in [0, 0.1) is 5.82 Å². The molecule has 1 aromatic carbocycles. The number of nitrogens with zero attached hydrogens (tertiary/aromatic N) is 3. The summed E-state index contributed by atoms with van der Waals surface area (Å²) >= 11 is 3.24. The third kappa shape index (κ3) is 3.15. The molecule has 6 nitrogen and oxygen atoms in total. The maximum Gasteiger partial charge on any atom is 0.274 e. The Balaban J connectivity index is 1.36. The van der Waals surface area contributed by atoms with Crippen LogP contribution in [0.5, 0.6) is 0 Å². The van der Waals surface area contributed by atoms with Gasteiger partial charge in [-0.1, -0.05) is 24.3 Å². The highest BCUT2D eigenvalue weighted by Gasteiger charge is 2.45. The Labute approximate surface area is 175 Å². The Kier molecular flexibility index (Phi) is 4.45. The number of pyridine rings is 1. The SMILES string of the molecule is O=C(c1cn2cc(Br)cc(F)c2n1)N1CC[C@]2(Cc3ccccc3CN2)[C@H](O)C1. The van der Waals surface area contributed by atoms with Crippen LogP contribution in [-0.2, 0) is 13.0 Å². The van der Waals surface area contributed by atoms with Crippen LogP contribution in [0.1, 0.15) is 28.0 Å². The van der Waals surface area contributed by atoms with Crippen LogP contribution in [0.2, 0.25) is 0 Å². The normalized spacial score (nSPS) is 24.1. The number of β-amino-alcohol motifs (C(OH)–C–C–N with tert-alkyl or cyclic N) is 1. The van der Waals surface area contributed by atoms with E-state index in [2.05, 4.69) is 38.4 Å². The van der Waals surface area contributed by atoms with Crippen molar-refractivity contribution < 1.29 is 14.3 Å². The molecule has 1 amide bonds. The summed E-state index contributed by atoms with van der Waals surface area (Å²) in [5.74, 6) is -0.796. The quantitative estimate of drug-likeness (QED) is 0.587. The second-order valence-corrected chi connectivity index (χ2v) is 8.75. The lowest BCUT2D eigenvalue weighted by Crippen LogP contribution is -2.65. The van der Waals surface area contributed by atoms with Crippen molar-refractivity contribution >= 4 is 27.5 Å². The summed E-state index contributed by atoms with van der Waals surface area (Å²) in [6.45, 7) is 1.43. The van der Waals surface area contributed by atoms with Crippen LogP contribution >= 0.6 is 15.9 Å². The molecular weight excluding hydrogens is 439 g/mol. The van der Waals surface area contributed by atoms with Crippen molar-refractivity contribution in [1.29, 1.82) is 0 Å². The minimum absolute atomic E-state index is 0.108. The minimum atomic E-state index is -0.698. The van der Waals surface area contributed by atoms with Gasteiger partial charge in [0.05, 0.1) is 11.6 Å². The van der Waals surface area contributed by atoms with Gasteiger partial charge in [0.1, 0.15) is 5.69 Å². The average molecular weight is 459 g/mol. The number of rotatable bonds is 1. The fraction of sp³-hybridized carbons (Fsp3) is 0.333. The van der Waals surface area contributed by atoms with Crippen LogP contribution in [-0.4, -0.2) is 50.0 Å². The molecule has 1 spiro atoms. The summed E-state index contributed by atoms with van der Waals surface area (Å²) in [6, 6.07) is 9.56. The number of hydrogen-bond donors (Lipinski definition) is 2. The molecule has 4 heterocycles. The lowest BCUT2D eigenvalue weighted by Gasteiger charge is -2.48. The number of halogens is 2. The van der Waals surface area contributed by atoms with Crippen molar-refractivity contribution in [2.75, 3.05) is 13.1 Å². The Morgan fingerprint density at radius 2 is 2.10 bits per heavy atom. The van der Waals surface area contributed by atoms with E-state index in [0.29, 0.717) is 24.0 Å². The number of amides is 1. The van der Waals surface area contributed by atoms with E-state index in [0.717, 1.165) is 6.42 Å². The first-order valence-electron chi connectivity index (χ1n) is 9.58. The molecule has 150 valence electrons. The molecule has 2 aliphatic heterocycles. The van der Waals surface area contributed by atoms with Gasteiger partial charge in [0.2, 0.25) is 0 Å². The van der Waals surface area contributed by atoms with Crippen LogP contribution in [0.3, 0.4) is 0 Å². The van der Waals surface area contributed by atoms with Crippen LogP contribution in [0.15, 0.2) is 47.2 Å². The largest absolute Gasteiger partial charge is 0.389 e. The molecule has 2 aromatic heterocycles. The Bertz CT molecular complexity index is 1120. The number of aliphatic hydroxyl groups excluding tert-OH is 1. The van der Waals surface area contributed by atoms with E-state index >= 15 is 0 Å². The first kappa shape index (κ1) is 18.7. The van der Waals surface area contributed by atoms with Gasteiger partial charge in [-0.25, -0.2) is 9.37 Å². The number of aliphatic hydroxyl groups is 1. The number of nitrogens with one attached hydrogen (secondary N) is 1. The first-order chi connectivity index (χ1) is 13.9. The zero-order valence-corrected chi connectivity index (χ0v) is 17.2. The zero-order valence-electron chi connectivity index (χ0n) is 15.6. The summed E-state index contributed by atoms with van der Waals surface area (Å²) in [6.07, 6.45) is 3.86. The highest BCUT2D eigenvalue weighted by Crippen LogP contribution is 2.32. The molecule has 0 aliphatic carbocycles. The molecule has 5 rings (SSSR count). The topological polar surface area (TPSA) is 69.9 Å². The van der Waals surface area contributed by atoms with E-state index in [4.69, 9.17) is 0 Å². The third-order valence-electron chi connectivity index (χ3n) is 6.09. The second-order valence-electron chi connectivity index (χ2n) is 7.84. The van der Waals surface area contributed by atoms with Crippen LogP contribution in [0.4, 0.5) is 4.39 Å². The van der Waals surface area contributed by atoms with Gasteiger partial charge in [-0.15, -0.1) is 0 Å². The van der Waals surface area contributed by atoms with E-state index in [9.17, 15) is 14.3 Å². The number of benzene rings is 1. The molecule has 3 aromatic rings. The lowest BCUT2D eigenvalue weighted by molar-refractivity contribution is -0.0140. The maximum atomic E-state index is 14.1. The number of hydrogen-bond acceptors (Lipinski definition) is 4. The molecule has 8 heteroatoms. The predicted octanol–water partition coefficient (Wildman–Crippen LogP) is 2.53. The molecule has 0 saturated carbocycles. The van der Waals surface area contributed by atoms with Crippen LogP contribution < -0.4 is 5.32 Å². The standard InChI is InChI=1S/C21H20BrFN4O2/c22-15-7-16(23)19-25-17(11-27(19)10-15)20(29)26-6-5-21(18(28)12-26)8-13-3-1-2-4-14(13)9-24-21/h1-4,7,10-11,18,24,28H,5-6,8-9,12H2/t18-,21+/m1/s1. The van der Waals surface area contributed by atoms with Crippen molar-refractivity contribution in [2.24, 2.45) is 0 Å². The first-order valence-corrected chi connectivity index (χ1v) is 10.4. The monoisotopic (exact) mass is 458 g/mol. The molecule has 2 atom stereocenters. The molecule has 29 heavy (non-hydrogen) atoms. The fourth-order valence-corrected chi connectivity index (χ4v) is 4.86. The van der Waals surface area contributed by atoms with Gasteiger partial charge < -0.3 is 19.7 Å². The van der Waals surface area contributed by atoms with E-state index < -0.39 is 17.5 Å². The molecule has 2 N–H and O–H groups in total. The maximum absolute atomic E-state index is 14.1. The Hall–Kier alpha value is -2.29. The van der Waals surface area contributed by atoms with Gasteiger partial charge >= 0.3 is 0 Å². The summed E-state index contributed by atoms with van der Waals surface area (Å²) in [5.41, 5.74) is 2.34. The average Bonchev–Trinajstić information content (AvgIpc) is 3.14.